The molecule has 2 rings (SSSR count). The molecule has 0 atom stereocenters. The fraction of sp³-hybridized carbons (Fsp3) is 0.333. The van der Waals surface area contributed by atoms with E-state index in [1.165, 1.54) is 22.5 Å². The predicted molar refractivity (Wildman–Crippen MR) is 58.5 cm³/mol. The molecule has 0 aliphatic carbocycles. The van der Waals surface area contributed by atoms with Crippen LogP contribution in [0.4, 0.5) is 0 Å². The lowest BCUT2D eigenvalue weighted by molar-refractivity contribution is 0.997. The lowest BCUT2D eigenvalue weighted by atomic mass is 10.1. The Morgan fingerprint density at radius 2 is 2.14 bits per heavy atom. The highest BCUT2D eigenvalue weighted by Gasteiger charge is 2.06. The third kappa shape index (κ3) is 1.60. The molecule has 0 aromatic carbocycles. The molecule has 0 bridgehead atoms. The molecule has 2 heterocycles. The van der Waals surface area contributed by atoms with Gasteiger partial charge < -0.3 is 9.97 Å². The van der Waals surface area contributed by atoms with Gasteiger partial charge in [0, 0.05) is 30.2 Å². The molecule has 0 fully saturated rings. The largest absolute Gasteiger partial charge is 0.365 e. The molecule has 14 heavy (non-hydrogen) atoms. The van der Waals surface area contributed by atoms with Gasteiger partial charge >= 0.3 is 0 Å². The van der Waals surface area contributed by atoms with Gasteiger partial charge in [0.15, 0.2) is 0 Å². The number of hydrogen-bond donors (Lipinski definition) is 2. The van der Waals surface area contributed by atoms with Crippen molar-refractivity contribution in [1.29, 1.82) is 0 Å². The molecule has 0 saturated heterocycles. The van der Waals surface area contributed by atoms with E-state index in [2.05, 4.69) is 36.1 Å². The summed E-state index contributed by atoms with van der Waals surface area (Å²) in [6, 6.07) is 4.16. The Morgan fingerprint density at radius 1 is 1.29 bits per heavy atom. The first-order valence-corrected chi connectivity index (χ1v) is 5.09. The Labute approximate surface area is 84.4 Å². The van der Waals surface area contributed by atoms with Gasteiger partial charge in [0.2, 0.25) is 0 Å². The van der Waals surface area contributed by atoms with Gasteiger partial charge in [0.05, 0.1) is 0 Å². The summed E-state index contributed by atoms with van der Waals surface area (Å²) in [6.45, 7) is 4.36. The topological polar surface area (TPSA) is 31.6 Å². The number of nitrogens with one attached hydrogen (secondary N) is 2. The number of aryl methyl sites for hydroxylation is 1. The monoisotopic (exact) mass is 188 g/mol. The van der Waals surface area contributed by atoms with Crippen LogP contribution in [0.3, 0.4) is 0 Å². The van der Waals surface area contributed by atoms with Crippen molar-refractivity contribution < 1.29 is 0 Å². The lowest BCUT2D eigenvalue weighted by Crippen LogP contribution is -1.93. The fourth-order valence-corrected chi connectivity index (χ4v) is 1.93. The van der Waals surface area contributed by atoms with E-state index in [1.807, 2.05) is 12.3 Å². The van der Waals surface area contributed by atoms with Crippen LogP contribution in [0.5, 0.6) is 0 Å². The minimum atomic E-state index is 0.976. The Morgan fingerprint density at radius 3 is 2.79 bits per heavy atom. The lowest BCUT2D eigenvalue weighted by Gasteiger charge is -2.01. The van der Waals surface area contributed by atoms with E-state index >= 15 is 0 Å². The summed E-state index contributed by atoms with van der Waals surface area (Å²) >= 11 is 0. The highest BCUT2D eigenvalue weighted by Crippen LogP contribution is 2.16. The Kier molecular flexibility index (Phi) is 2.44. The molecule has 2 nitrogen and oxygen atoms in total. The second-order valence-electron chi connectivity index (χ2n) is 3.65. The normalized spacial score (nSPS) is 10.7. The summed E-state index contributed by atoms with van der Waals surface area (Å²) in [6.07, 6.45) is 6.14. The first-order chi connectivity index (χ1) is 6.81. The zero-order valence-corrected chi connectivity index (χ0v) is 8.72. The van der Waals surface area contributed by atoms with E-state index in [-0.39, 0.29) is 0 Å². The van der Waals surface area contributed by atoms with E-state index in [9.17, 15) is 0 Å². The first kappa shape index (κ1) is 9.13. The Bertz CT molecular complexity index is 396. The van der Waals surface area contributed by atoms with Gasteiger partial charge in [-0.1, -0.05) is 6.92 Å². The van der Waals surface area contributed by atoms with E-state index in [0.29, 0.717) is 0 Å². The number of H-pyrrole nitrogens is 2. The van der Waals surface area contributed by atoms with Crippen molar-refractivity contribution >= 4 is 0 Å². The molecular weight excluding hydrogens is 172 g/mol. The fourth-order valence-electron chi connectivity index (χ4n) is 1.93. The average molecular weight is 188 g/mol. The minimum absolute atomic E-state index is 0.976. The summed E-state index contributed by atoms with van der Waals surface area (Å²) in [5.74, 6) is 0. The molecule has 2 aromatic rings. The van der Waals surface area contributed by atoms with Crippen molar-refractivity contribution in [3.8, 4) is 0 Å². The van der Waals surface area contributed by atoms with Crippen LogP contribution < -0.4 is 0 Å². The molecule has 0 radical (unpaired) electrons. The molecule has 2 aromatic heterocycles. The summed E-state index contributed by atoms with van der Waals surface area (Å²) in [7, 11) is 0. The molecule has 2 heteroatoms. The van der Waals surface area contributed by atoms with E-state index < -0.39 is 0 Å². The predicted octanol–water partition coefficient (Wildman–Crippen LogP) is 2.80. The van der Waals surface area contributed by atoms with Crippen LogP contribution in [-0.4, -0.2) is 9.97 Å². The van der Waals surface area contributed by atoms with Gasteiger partial charge in [-0.3, -0.25) is 0 Å². The molecule has 0 amide bonds. The summed E-state index contributed by atoms with van der Waals surface area (Å²) in [4.78, 5) is 6.57. The maximum Gasteiger partial charge on any atom is 0.0281 e. The van der Waals surface area contributed by atoms with Crippen LogP contribution in [0.15, 0.2) is 24.5 Å². The van der Waals surface area contributed by atoms with Crippen LogP contribution in [0.1, 0.15) is 29.4 Å². The van der Waals surface area contributed by atoms with Gasteiger partial charge in [-0.05, 0) is 36.6 Å². The van der Waals surface area contributed by atoms with Crippen molar-refractivity contribution in [2.75, 3.05) is 0 Å². The Balaban J connectivity index is 2.25. The number of hydrogen-bond acceptors (Lipinski definition) is 0. The van der Waals surface area contributed by atoms with Crippen molar-refractivity contribution in [3.05, 3.63) is 47.0 Å². The average Bonchev–Trinajstić information content (AvgIpc) is 2.77. The maximum absolute atomic E-state index is 3.34. The molecule has 0 saturated carbocycles. The number of rotatable bonds is 3. The standard InChI is InChI=1S/C12H16N2/c1-3-11-9(2)8-14-12(11)7-10-5-4-6-13-10/h4-6,8,13-14H,3,7H2,1-2H3. The second-order valence-corrected chi connectivity index (χ2v) is 3.65. The molecule has 0 aliphatic heterocycles. The molecule has 0 spiro atoms. The summed E-state index contributed by atoms with van der Waals surface area (Å²) in [5, 5.41) is 0. The van der Waals surface area contributed by atoms with Gasteiger partial charge in [0.25, 0.3) is 0 Å². The van der Waals surface area contributed by atoms with E-state index in [4.69, 9.17) is 0 Å². The SMILES string of the molecule is CCc1c(C)c[nH]c1Cc1ccc[nH]1. The van der Waals surface area contributed by atoms with Crippen LogP contribution in [0, 0.1) is 6.92 Å². The molecule has 2 N–H and O–H groups in total. The van der Waals surface area contributed by atoms with Gasteiger partial charge in [0.1, 0.15) is 0 Å². The number of aromatic amines is 2. The minimum Gasteiger partial charge on any atom is -0.365 e. The van der Waals surface area contributed by atoms with Crippen LogP contribution in [0.2, 0.25) is 0 Å². The van der Waals surface area contributed by atoms with Gasteiger partial charge in [-0.25, -0.2) is 0 Å². The van der Waals surface area contributed by atoms with Crippen molar-refractivity contribution in [2.24, 2.45) is 0 Å². The second kappa shape index (κ2) is 3.74. The Hall–Kier alpha value is -1.44. The van der Waals surface area contributed by atoms with Crippen molar-refractivity contribution in [3.63, 3.8) is 0 Å². The van der Waals surface area contributed by atoms with E-state index in [1.54, 1.807) is 0 Å². The third-order valence-electron chi connectivity index (χ3n) is 2.69. The number of aromatic nitrogens is 2. The molecular formula is C12H16N2. The zero-order valence-electron chi connectivity index (χ0n) is 8.72. The molecule has 74 valence electrons. The maximum atomic E-state index is 3.34. The van der Waals surface area contributed by atoms with Gasteiger partial charge in [-0.2, -0.15) is 0 Å². The van der Waals surface area contributed by atoms with Crippen LogP contribution >= 0.6 is 0 Å². The first-order valence-electron chi connectivity index (χ1n) is 5.09. The van der Waals surface area contributed by atoms with E-state index in [0.717, 1.165) is 12.8 Å². The van der Waals surface area contributed by atoms with Crippen LogP contribution in [0.25, 0.3) is 0 Å². The quantitative estimate of drug-likeness (QED) is 0.742. The smallest absolute Gasteiger partial charge is 0.0281 e. The van der Waals surface area contributed by atoms with Crippen LogP contribution in [-0.2, 0) is 12.8 Å². The molecule has 0 aliphatic rings. The highest BCUT2D eigenvalue weighted by molar-refractivity contribution is 5.32. The molecule has 0 unspecified atom stereocenters. The third-order valence-corrected chi connectivity index (χ3v) is 2.69. The summed E-state index contributed by atoms with van der Waals surface area (Å²) < 4.78 is 0. The summed E-state index contributed by atoms with van der Waals surface area (Å²) in [5.41, 5.74) is 5.43. The van der Waals surface area contributed by atoms with Crippen molar-refractivity contribution in [1.82, 2.24) is 9.97 Å². The zero-order chi connectivity index (χ0) is 9.97. The highest BCUT2D eigenvalue weighted by atomic mass is 14.7. The van der Waals surface area contributed by atoms with Crippen molar-refractivity contribution in [2.45, 2.75) is 26.7 Å². The van der Waals surface area contributed by atoms with Gasteiger partial charge in [-0.15, -0.1) is 0 Å².